The fraction of sp³-hybridized carbons (Fsp3) is 0.650. The molecular formula is C20H30N2O. The number of carbonyl (C=O) groups excluding carboxylic acids is 1. The summed E-state index contributed by atoms with van der Waals surface area (Å²) in [5.41, 5.74) is 7.83. The third-order valence-corrected chi connectivity index (χ3v) is 6.00. The van der Waals surface area contributed by atoms with Crippen LogP contribution in [0.1, 0.15) is 63.5 Å². The smallest absolute Gasteiger partial charge is 0.227 e. The first-order chi connectivity index (χ1) is 11.1. The third-order valence-electron chi connectivity index (χ3n) is 6.00. The van der Waals surface area contributed by atoms with Gasteiger partial charge in [-0.15, -0.1) is 0 Å². The zero-order valence-corrected chi connectivity index (χ0v) is 14.3. The van der Waals surface area contributed by atoms with Crippen LogP contribution in [0.15, 0.2) is 30.3 Å². The Labute approximate surface area is 140 Å². The van der Waals surface area contributed by atoms with Gasteiger partial charge in [-0.2, -0.15) is 0 Å². The highest BCUT2D eigenvalue weighted by Crippen LogP contribution is 2.43. The summed E-state index contributed by atoms with van der Waals surface area (Å²) in [5, 5.41) is 0. The molecule has 3 rings (SSSR count). The average Bonchev–Trinajstić information content (AvgIpc) is 2.61. The maximum atomic E-state index is 13.0. The lowest BCUT2D eigenvalue weighted by atomic mass is 9.69. The Kier molecular flexibility index (Phi) is 5.05. The van der Waals surface area contributed by atoms with Gasteiger partial charge < -0.3 is 10.6 Å². The Balaban J connectivity index is 1.67. The van der Waals surface area contributed by atoms with Crippen LogP contribution in [0.3, 0.4) is 0 Å². The van der Waals surface area contributed by atoms with Crippen LogP contribution < -0.4 is 5.73 Å². The molecule has 1 spiro atoms. The van der Waals surface area contributed by atoms with E-state index < -0.39 is 0 Å². The summed E-state index contributed by atoms with van der Waals surface area (Å²) in [6, 6.07) is 9.79. The van der Waals surface area contributed by atoms with Crippen molar-refractivity contribution in [3.63, 3.8) is 0 Å². The van der Waals surface area contributed by atoms with Crippen LogP contribution in [0.4, 0.5) is 0 Å². The Morgan fingerprint density at radius 1 is 1.09 bits per heavy atom. The lowest BCUT2D eigenvalue weighted by molar-refractivity contribution is -0.140. The summed E-state index contributed by atoms with van der Waals surface area (Å²) >= 11 is 0. The highest BCUT2D eigenvalue weighted by molar-refractivity contribution is 5.79. The summed E-state index contributed by atoms with van der Waals surface area (Å²) in [5.74, 6) is 0.0853. The molecule has 2 aliphatic rings. The molecule has 2 N–H and O–H groups in total. The number of piperidine rings is 1. The van der Waals surface area contributed by atoms with Gasteiger partial charge in [0.2, 0.25) is 5.91 Å². The molecule has 1 aliphatic carbocycles. The first kappa shape index (κ1) is 16.5. The molecule has 1 saturated carbocycles. The van der Waals surface area contributed by atoms with Crippen LogP contribution in [-0.4, -0.2) is 23.9 Å². The van der Waals surface area contributed by atoms with Gasteiger partial charge in [0.25, 0.3) is 0 Å². The molecule has 2 atom stereocenters. The van der Waals surface area contributed by atoms with Crippen molar-refractivity contribution in [3.8, 4) is 0 Å². The number of rotatable bonds is 3. The maximum absolute atomic E-state index is 13.0. The van der Waals surface area contributed by atoms with Crippen molar-refractivity contribution in [2.24, 2.45) is 17.1 Å². The first-order valence-corrected chi connectivity index (χ1v) is 9.21. The van der Waals surface area contributed by atoms with Crippen LogP contribution in [0.5, 0.6) is 0 Å². The normalized spacial score (nSPS) is 23.5. The van der Waals surface area contributed by atoms with Crippen molar-refractivity contribution in [2.75, 3.05) is 13.1 Å². The molecule has 1 amide bonds. The van der Waals surface area contributed by atoms with Crippen molar-refractivity contribution in [1.82, 2.24) is 4.90 Å². The molecule has 0 aromatic heterocycles. The largest absolute Gasteiger partial charge is 0.342 e. The molecule has 126 valence electrons. The highest BCUT2D eigenvalue weighted by atomic mass is 16.2. The molecule has 0 bridgehead atoms. The van der Waals surface area contributed by atoms with Crippen LogP contribution in [0, 0.1) is 11.3 Å². The molecule has 23 heavy (non-hydrogen) atoms. The van der Waals surface area contributed by atoms with E-state index in [-0.39, 0.29) is 17.9 Å². The molecule has 0 radical (unpaired) electrons. The minimum atomic E-state index is -0.215. The number of carbonyl (C=O) groups is 1. The Hall–Kier alpha value is -1.35. The minimum absolute atomic E-state index is 0.156. The van der Waals surface area contributed by atoms with E-state index in [9.17, 15) is 4.79 Å². The fourth-order valence-corrected chi connectivity index (χ4v) is 4.51. The number of likely N-dealkylation sites (tertiary alicyclic amines) is 1. The fourth-order valence-electron chi connectivity index (χ4n) is 4.51. The van der Waals surface area contributed by atoms with E-state index in [1.165, 1.54) is 38.5 Å². The van der Waals surface area contributed by atoms with Gasteiger partial charge in [0.05, 0.1) is 5.92 Å². The first-order valence-electron chi connectivity index (χ1n) is 9.21. The van der Waals surface area contributed by atoms with E-state index in [1.807, 2.05) is 37.3 Å². The van der Waals surface area contributed by atoms with Crippen molar-refractivity contribution < 1.29 is 4.79 Å². The molecule has 1 saturated heterocycles. The van der Waals surface area contributed by atoms with E-state index in [4.69, 9.17) is 5.73 Å². The van der Waals surface area contributed by atoms with Crippen LogP contribution >= 0.6 is 0 Å². The van der Waals surface area contributed by atoms with Crippen molar-refractivity contribution in [1.29, 1.82) is 0 Å². The molecular weight excluding hydrogens is 284 g/mol. The molecule has 1 aromatic rings. The van der Waals surface area contributed by atoms with Gasteiger partial charge in [-0.1, -0.05) is 56.5 Å². The quantitative estimate of drug-likeness (QED) is 0.920. The van der Waals surface area contributed by atoms with Gasteiger partial charge in [0.1, 0.15) is 0 Å². The van der Waals surface area contributed by atoms with Crippen molar-refractivity contribution in [2.45, 2.75) is 57.9 Å². The second kappa shape index (κ2) is 7.04. The average molecular weight is 314 g/mol. The molecule has 3 heteroatoms. The van der Waals surface area contributed by atoms with E-state index in [0.717, 1.165) is 25.1 Å². The lowest BCUT2D eigenvalue weighted by Gasteiger charge is -2.46. The predicted octanol–water partition coefficient (Wildman–Crippen LogP) is 3.90. The summed E-state index contributed by atoms with van der Waals surface area (Å²) in [6.45, 7) is 3.85. The van der Waals surface area contributed by atoms with Crippen LogP contribution in [0.25, 0.3) is 0 Å². The van der Waals surface area contributed by atoms with Crippen molar-refractivity contribution in [3.05, 3.63) is 35.9 Å². The number of benzene rings is 1. The highest BCUT2D eigenvalue weighted by Gasteiger charge is 2.39. The number of nitrogens with zero attached hydrogens (tertiary/aromatic N) is 1. The molecule has 1 aromatic carbocycles. The summed E-state index contributed by atoms with van der Waals surface area (Å²) in [7, 11) is 0. The molecule has 2 unspecified atom stereocenters. The zero-order valence-electron chi connectivity index (χ0n) is 14.3. The van der Waals surface area contributed by atoms with Crippen molar-refractivity contribution >= 4 is 5.91 Å². The Morgan fingerprint density at radius 3 is 2.43 bits per heavy atom. The van der Waals surface area contributed by atoms with Gasteiger partial charge in [0, 0.05) is 19.1 Å². The second-order valence-corrected chi connectivity index (χ2v) is 7.65. The SMILES string of the molecule is CC(C(=O)N1CCCC2(CCCCC2)C1)C(N)c1ccccc1. The van der Waals surface area contributed by atoms with E-state index >= 15 is 0 Å². The molecule has 1 heterocycles. The lowest BCUT2D eigenvalue weighted by Crippen LogP contribution is -2.49. The van der Waals surface area contributed by atoms with Crippen LogP contribution in [0.2, 0.25) is 0 Å². The topological polar surface area (TPSA) is 46.3 Å². The zero-order chi connectivity index (χ0) is 16.3. The predicted molar refractivity (Wildman–Crippen MR) is 93.9 cm³/mol. The minimum Gasteiger partial charge on any atom is -0.342 e. The standard InChI is InChI=1S/C20H30N2O/c1-16(18(21)17-9-4-2-5-10-17)19(23)22-14-8-13-20(15-22)11-6-3-7-12-20/h2,4-5,9-10,16,18H,3,6-8,11-15,21H2,1H3. The van der Waals surface area contributed by atoms with E-state index in [1.54, 1.807) is 0 Å². The number of amides is 1. The van der Waals surface area contributed by atoms with Gasteiger partial charge >= 0.3 is 0 Å². The molecule has 2 fully saturated rings. The maximum Gasteiger partial charge on any atom is 0.227 e. The molecule has 1 aliphatic heterocycles. The second-order valence-electron chi connectivity index (χ2n) is 7.65. The Morgan fingerprint density at radius 2 is 1.74 bits per heavy atom. The number of hydrogen-bond donors (Lipinski definition) is 1. The van der Waals surface area contributed by atoms with Crippen LogP contribution in [-0.2, 0) is 4.79 Å². The van der Waals surface area contributed by atoms with Gasteiger partial charge in [0.15, 0.2) is 0 Å². The molecule has 3 nitrogen and oxygen atoms in total. The third kappa shape index (κ3) is 3.60. The Bertz CT molecular complexity index is 516. The van der Waals surface area contributed by atoms with Gasteiger partial charge in [-0.25, -0.2) is 0 Å². The van der Waals surface area contributed by atoms with Gasteiger partial charge in [-0.3, -0.25) is 4.79 Å². The van der Waals surface area contributed by atoms with Gasteiger partial charge in [-0.05, 0) is 36.7 Å². The monoisotopic (exact) mass is 314 g/mol. The number of hydrogen-bond acceptors (Lipinski definition) is 2. The van der Waals surface area contributed by atoms with E-state index in [0.29, 0.717) is 5.41 Å². The van der Waals surface area contributed by atoms with E-state index in [2.05, 4.69) is 4.90 Å². The summed E-state index contributed by atoms with van der Waals surface area (Å²) < 4.78 is 0. The summed E-state index contributed by atoms with van der Waals surface area (Å²) in [6.07, 6.45) is 9.09. The summed E-state index contributed by atoms with van der Waals surface area (Å²) in [4.78, 5) is 15.1. The number of nitrogens with two attached hydrogens (primary N) is 1.